The molecule has 0 atom stereocenters. The van der Waals surface area contributed by atoms with Crippen molar-refractivity contribution in [2.24, 2.45) is 0 Å². The van der Waals surface area contributed by atoms with Gasteiger partial charge in [0.2, 0.25) is 0 Å². The Balaban J connectivity index is 1.72. The van der Waals surface area contributed by atoms with Crippen molar-refractivity contribution in [2.75, 3.05) is 18.4 Å². The molecule has 5 nitrogen and oxygen atoms in total. The molecule has 2 aromatic carbocycles. The van der Waals surface area contributed by atoms with Crippen LogP contribution in [0.4, 0.5) is 5.69 Å². The molecule has 1 N–H and O–H groups in total. The molecule has 3 aromatic rings. The largest absolute Gasteiger partial charge is 0.339 e. The molecule has 0 saturated heterocycles. The van der Waals surface area contributed by atoms with Crippen molar-refractivity contribution in [1.82, 2.24) is 9.88 Å². The van der Waals surface area contributed by atoms with Crippen molar-refractivity contribution in [3.63, 3.8) is 0 Å². The van der Waals surface area contributed by atoms with E-state index in [1.165, 1.54) is 0 Å². The fourth-order valence-electron chi connectivity index (χ4n) is 3.16. The second-order valence-electron chi connectivity index (χ2n) is 6.70. The van der Waals surface area contributed by atoms with Crippen LogP contribution in [0.5, 0.6) is 0 Å². The predicted octanol–water partition coefficient (Wildman–Crippen LogP) is 4.79. The van der Waals surface area contributed by atoms with E-state index in [1.54, 1.807) is 35.2 Å². The van der Waals surface area contributed by atoms with Crippen LogP contribution in [0.25, 0.3) is 11.3 Å². The van der Waals surface area contributed by atoms with Crippen LogP contribution < -0.4 is 5.32 Å². The lowest BCUT2D eigenvalue weighted by molar-refractivity contribution is 0.0773. The zero-order valence-electron chi connectivity index (χ0n) is 17.0. The van der Waals surface area contributed by atoms with Crippen molar-refractivity contribution in [3.05, 3.63) is 83.6 Å². The number of rotatable bonds is 6. The van der Waals surface area contributed by atoms with Gasteiger partial charge in [0.15, 0.2) is 0 Å². The van der Waals surface area contributed by atoms with Gasteiger partial charge in [-0.1, -0.05) is 30.3 Å². The Hall–Kier alpha value is -3.47. The summed E-state index contributed by atoms with van der Waals surface area (Å²) in [5.74, 6) is -0.234. The third-order valence-electron chi connectivity index (χ3n) is 4.84. The molecular weight excluding hydrogens is 362 g/mol. The van der Waals surface area contributed by atoms with Gasteiger partial charge in [-0.05, 0) is 57.2 Å². The van der Waals surface area contributed by atoms with Crippen LogP contribution in [0.15, 0.2) is 66.7 Å². The van der Waals surface area contributed by atoms with Crippen LogP contribution in [-0.2, 0) is 0 Å². The van der Waals surface area contributed by atoms with Gasteiger partial charge in [0.25, 0.3) is 11.8 Å². The Morgan fingerprint density at radius 1 is 0.897 bits per heavy atom. The van der Waals surface area contributed by atoms with Gasteiger partial charge in [-0.3, -0.25) is 14.6 Å². The topological polar surface area (TPSA) is 62.3 Å². The van der Waals surface area contributed by atoms with E-state index in [2.05, 4.69) is 10.3 Å². The zero-order valence-corrected chi connectivity index (χ0v) is 17.0. The maximum absolute atomic E-state index is 12.7. The van der Waals surface area contributed by atoms with Gasteiger partial charge in [-0.2, -0.15) is 0 Å². The van der Waals surface area contributed by atoms with Gasteiger partial charge in [-0.15, -0.1) is 0 Å². The first kappa shape index (κ1) is 20.3. The first-order valence-corrected chi connectivity index (χ1v) is 9.77. The molecule has 2 amide bonds. The Bertz CT molecular complexity index is 994. The molecule has 0 bridgehead atoms. The highest BCUT2D eigenvalue weighted by Gasteiger charge is 2.14. The first-order chi connectivity index (χ1) is 14.0. The molecule has 0 aliphatic rings. The summed E-state index contributed by atoms with van der Waals surface area (Å²) < 4.78 is 0. The number of amides is 2. The normalized spacial score (nSPS) is 10.4. The predicted molar refractivity (Wildman–Crippen MR) is 116 cm³/mol. The van der Waals surface area contributed by atoms with E-state index in [4.69, 9.17) is 0 Å². The SMILES string of the molecule is CCN(CC)C(=O)c1ccc(NC(=O)c2ccc(-c3ccccc3)nc2C)cc1. The molecule has 0 fully saturated rings. The van der Waals surface area contributed by atoms with E-state index in [0.29, 0.717) is 35.6 Å². The molecule has 0 spiro atoms. The number of aryl methyl sites for hydroxylation is 1. The molecular formula is C24H25N3O2. The highest BCUT2D eigenvalue weighted by atomic mass is 16.2. The van der Waals surface area contributed by atoms with Gasteiger partial charge in [0.1, 0.15) is 0 Å². The van der Waals surface area contributed by atoms with Crippen molar-refractivity contribution in [3.8, 4) is 11.3 Å². The lowest BCUT2D eigenvalue weighted by atomic mass is 10.1. The zero-order chi connectivity index (χ0) is 20.8. The number of anilines is 1. The summed E-state index contributed by atoms with van der Waals surface area (Å²) in [5.41, 5.74) is 4.27. The van der Waals surface area contributed by atoms with Crippen LogP contribution in [0.1, 0.15) is 40.3 Å². The number of hydrogen-bond donors (Lipinski definition) is 1. The van der Waals surface area contributed by atoms with Gasteiger partial charge in [0.05, 0.1) is 17.0 Å². The third kappa shape index (κ3) is 4.69. The maximum Gasteiger partial charge on any atom is 0.257 e. The lowest BCUT2D eigenvalue weighted by Gasteiger charge is -2.18. The summed E-state index contributed by atoms with van der Waals surface area (Å²) in [6, 6.07) is 20.5. The van der Waals surface area contributed by atoms with Gasteiger partial charge < -0.3 is 10.2 Å². The Kier molecular flexibility index (Phi) is 6.39. The summed E-state index contributed by atoms with van der Waals surface area (Å²) >= 11 is 0. The highest BCUT2D eigenvalue weighted by Crippen LogP contribution is 2.20. The quantitative estimate of drug-likeness (QED) is 0.661. The van der Waals surface area contributed by atoms with Crippen LogP contribution >= 0.6 is 0 Å². The molecule has 1 aromatic heterocycles. The summed E-state index contributed by atoms with van der Waals surface area (Å²) in [4.78, 5) is 31.4. The number of nitrogens with zero attached hydrogens (tertiary/aromatic N) is 2. The van der Waals surface area contributed by atoms with Gasteiger partial charge in [-0.25, -0.2) is 0 Å². The van der Waals surface area contributed by atoms with Crippen LogP contribution in [0.2, 0.25) is 0 Å². The van der Waals surface area contributed by atoms with Crippen LogP contribution in [0.3, 0.4) is 0 Å². The number of benzene rings is 2. The minimum Gasteiger partial charge on any atom is -0.339 e. The molecule has 0 saturated carbocycles. The molecule has 29 heavy (non-hydrogen) atoms. The summed E-state index contributed by atoms with van der Waals surface area (Å²) in [5, 5.41) is 2.88. The fraction of sp³-hybridized carbons (Fsp3) is 0.208. The molecule has 0 aliphatic heterocycles. The minimum atomic E-state index is -0.225. The fourth-order valence-corrected chi connectivity index (χ4v) is 3.16. The van der Waals surface area contributed by atoms with E-state index < -0.39 is 0 Å². The summed E-state index contributed by atoms with van der Waals surface area (Å²) in [6.45, 7) is 7.07. The molecule has 0 unspecified atom stereocenters. The monoisotopic (exact) mass is 387 g/mol. The number of carbonyl (C=O) groups is 2. The van der Waals surface area contributed by atoms with Crippen molar-refractivity contribution >= 4 is 17.5 Å². The molecule has 0 radical (unpaired) electrons. The smallest absolute Gasteiger partial charge is 0.257 e. The summed E-state index contributed by atoms with van der Waals surface area (Å²) in [6.07, 6.45) is 0. The number of nitrogens with one attached hydrogen (secondary N) is 1. The third-order valence-corrected chi connectivity index (χ3v) is 4.84. The van der Waals surface area contributed by atoms with Gasteiger partial charge >= 0.3 is 0 Å². The molecule has 5 heteroatoms. The molecule has 0 aliphatic carbocycles. The highest BCUT2D eigenvalue weighted by molar-refractivity contribution is 6.05. The molecule has 148 valence electrons. The van der Waals surface area contributed by atoms with Crippen molar-refractivity contribution in [2.45, 2.75) is 20.8 Å². The van der Waals surface area contributed by atoms with E-state index in [1.807, 2.05) is 57.2 Å². The van der Waals surface area contributed by atoms with Crippen LogP contribution in [-0.4, -0.2) is 34.8 Å². The Morgan fingerprint density at radius 2 is 1.55 bits per heavy atom. The first-order valence-electron chi connectivity index (χ1n) is 9.77. The Morgan fingerprint density at radius 3 is 2.14 bits per heavy atom. The van der Waals surface area contributed by atoms with E-state index >= 15 is 0 Å². The van der Waals surface area contributed by atoms with Crippen LogP contribution in [0, 0.1) is 6.92 Å². The lowest BCUT2D eigenvalue weighted by Crippen LogP contribution is -2.30. The molecule has 3 rings (SSSR count). The number of carbonyl (C=O) groups excluding carboxylic acids is 2. The van der Waals surface area contributed by atoms with Crippen molar-refractivity contribution < 1.29 is 9.59 Å². The van der Waals surface area contributed by atoms with E-state index in [9.17, 15) is 9.59 Å². The number of aromatic nitrogens is 1. The van der Waals surface area contributed by atoms with Gasteiger partial charge in [0, 0.05) is 29.9 Å². The second kappa shape index (κ2) is 9.15. The number of pyridine rings is 1. The second-order valence-corrected chi connectivity index (χ2v) is 6.70. The van der Waals surface area contributed by atoms with Crippen molar-refractivity contribution in [1.29, 1.82) is 0 Å². The Labute approximate surface area is 171 Å². The average molecular weight is 387 g/mol. The average Bonchev–Trinajstić information content (AvgIpc) is 2.75. The summed E-state index contributed by atoms with van der Waals surface area (Å²) in [7, 11) is 0. The van der Waals surface area contributed by atoms with E-state index in [0.717, 1.165) is 11.3 Å². The number of hydrogen-bond acceptors (Lipinski definition) is 3. The van der Waals surface area contributed by atoms with E-state index in [-0.39, 0.29) is 11.8 Å². The maximum atomic E-state index is 12.7. The molecule has 1 heterocycles. The minimum absolute atomic E-state index is 0.00979. The standard InChI is InChI=1S/C24H25N3O2/c1-4-27(5-2)24(29)19-11-13-20(14-12-19)26-23(28)21-15-16-22(25-17(21)3)18-9-7-6-8-10-18/h6-16H,4-5H2,1-3H3,(H,26,28).